The first-order chi connectivity index (χ1) is 14.0. The second-order valence-electron chi connectivity index (χ2n) is 6.32. The summed E-state index contributed by atoms with van der Waals surface area (Å²) in [5.41, 5.74) is 0.342. The fraction of sp³-hybridized carbons (Fsp3) is 0.100. The lowest BCUT2D eigenvalue weighted by Crippen LogP contribution is -2.20. The van der Waals surface area contributed by atoms with E-state index < -0.39 is 17.2 Å². The van der Waals surface area contributed by atoms with Gasteiger partial charge in [-0.15, -0.1) is 10.2 Å². The quantitative estimate of drug-likeness (QED) is 0.563. The molecule has 29 heavy (non-hydrogen) atoms. The molecule has 0 radical (unpaired) electrons. The van der Waals surface area contributed by atoms with E-state index >= 15 is 0 Å². The topological polar surface area (TPSA) is 81.3 Å². The molecule has 7 nitrogen and oxygen atoms in total. The zero-order valence-corrected chi connectivity index (χ0v) is 15.0. The summed E-state index contributed by atoms with van der Waals surface area (Å²) in [6.45, 7) is 0. The molecule has 0 bridgehead atoms. The molecular formula is C20H15F2N5O2. The van der Waals surface area contributed by atoms with Gasteiger partial charge in [-0.05, 0) is 36.4 Å². The molecule has 1 amide bonds. The maximum absolute atomic E-state index is 13.4. The van der Waals surface area contributed by atoms with E-state index in [-0.39, 0.29) is 24.4 Å². The predicted octanol–water partition coefficient (Wildman–Crippen LogP) is 2.73. The van der Waals surface area contributed by atoms with Gasteiger partial charge in [0.05, 0.1) is 5.69 Å². The molecule has 1 N–H and O–H groups in total. The Labute approximate surface area is 163 Å². The zero-order chi connectivity index (χ0) is 20.4. The van der Waals surface area contributed by atoms with Crippen LogP contribution in [0.15, 0.2) is 65.7 Å². The molecule has 0 unspecified atom stereocenters. The molecule has 0 aliphatic heterocycles. The lowest BCUT2D eigenvalue weighted by atomic mass is 10.2. The minimum atomic E-state index is -0.458. The summed E-state index contributed by atoms with van der Waals surface area (Å²) >= 11 is 0. The Kier molecular flexibility index (Phi) is 4.86. The largest absolute Gasteiger partial charge is 0.326 e. The van der Waals surface area contributed by atoms with Crippen LogP contribution < -0.4 is 10.9 Å². The van der Waals surface area contributed by atoms with Crippen molar-refractivity contribution >= 4 is 17.2 Å². The lowest BCUT2D eigenvalue weighted by Gasteiger charge is -2.07. The number of nitrogens with one attached hydrogen (secondary N) is 1. The van der Waals surface area contributed by atoms with E-state index in [4.69, 9.17) is 0 Å². The number of aromatic nitrogens is 4. The number of aryl methyl sites for hydroxylation is 1. The van der Waals surface area contributed by atoms with Crippen LogP contribution in [0.3, 0.4) is 0 Å². The smallest absolute Gasteiger partial charge is 0.300 e. The summed E-state index contributed by atoms with van der Waals surface area (Å²) in [6, 6.07) is 11.2. The second kappa shape index (κ2) is 7.63. The van der Waals surface area contributed by atoms with Gasteiger partial charge in [0.25, 0.3) is 0 Å². The van der Waals surface area contributed by atoms with Gasteiger partial charge in [0.2, 0.25) is 11.6 Å². The molecule has 146 valence electrons. The molecule has 0 atom stereocenters. The minimum absolute atomic E-state index is 0.0669. The van der Waals surface area contributed by atoms with E-state index in [1.807, 2.05) is 0 Å². The van der Waals surface area contributed by atoms with Crippen molar-refractivity contribution in [1.82, 2.24) is 19.2 Å². The number of anilines is 1. The zero-order valence-electron chi connectivity index (χ0n) is 15.0. The number of hydrogen-bond acceptors (Lipinski definition) is 4. The number of nitrogens with zero attached hydrogens (tertiary/aromatic N) is 4. The molecule has 2 aromatic heterocycles. The molecule has 0 saturated carbocycles. The first-order valence-electron chi connectivity index (χ1n) is 8.78. The summed E-state index contributed by atoms with van der Waals surface area (Å²) in [6.07, 6.45) is 3.38. The van der Waals surface area contributed by atoms with E-state index in [1.54, 1.807) is 18.3 Å². The number of benzene rings is 2. The van der Waals surface area contributed by atoms with E-state index in [0.29, 0.717) is 17.2 Å². The van der Waals surface area contributed by atoms with Crippen molar-refractivity contribution in [3.63, 3.8) is 0 Å². The third kappa shape index (κ3) is 3.88. The number of halogens is 2. The SMILES string of the molecule is O=C(CCc1nnc2c(=O)n(-c3cccc(F)c3)ccn12)Nc1cccc(F)c1. The van der Waals surface area contributed by atoms with Gasteiger partial charge in [0.15, 0.2) is 0 Å². The van der Waals surface area contributed by atoms with Crippen LogP contribution >= 0.6 is 0 Å². The molecule has 0 saturated heterocycles. The van der Waals surface area contributed by atoms with Crippen LogP contribution in [0.25, 0.3) is 11.3 Å². The van der Waals surface area contributed by atoms with E-state index in [0.717, 1.165) is 0 Å². The summed E-state index contributed by atoms with van der Waals surface area (Å²) in [5, 5.41) is 10.5. The molecule has 4 aromatic rings. The van der Waals surface area contributed by atoms with Gasteiger partial charge in [-0.3, -0.25) is 18.6 Å². The van der Waals surface area contributed by atoms with Crippen molar-refractivity contribution in [1.29, 1.82) is 0 Å². The van der Waals surface area contributed by atoms with Gasteiger partial charge in [-0.25, -0.2) is 8.78 Å². The minimum Gasteiger partial charge on any atom is -0.326 e. The van der Waals surface area contributed by atoms with Gasteiger partial charge < -0.3 is 5.32 Å². The molecule has 0 fully saturated rings. The number of carbonyl (C=O) groups is 1. The average molecular weight is 395 g/mol. The fourth-order valence-corrected chi connectivity index (χ4v) is 2.95. The Balaban J connectivity index is 1.53. The Morgan fingerprint density at radius 1 is 1.00 bits per heavy atom. The van der Waals surface area contributed by atoms with Crippen LogP contribution in [0, 0.1) is 11.6 Å². The van der Waals surface area contributed by atoms with E-state index in [9.17, 15) is 18.4 Å². The maximum atomic E-state index is 13.4. The fourth-order valence-electron chi connectivity index (χ4n) is 2.95. The molecule has 2 aromatic carbocycles. The van der Waals surface area contributed by atoms with Crippen molar-refractivity contribution in [3.05, 3.63) is 88.7 Å². The highest BCUT2D eigenvalue weighted by Gasteiger charge is 2.13. The monoisotopic (exact) mass is 395 g/mol. The van der Waals surface area contributed by atoms with Gasteiger partial charge >= 0.3 is 5.56 Å². The molecule has 2 heterocycles. The van der Waals surface area contributed by atoms with Crippen molar-refractivity contribution < 1.29 is 13.6 Å². The second-order valence-corrected chi connectivity index (χ2v) is 6.32. The summed E-state index contributed by atoms with van der Waals surface area (Å²) in [7, 11) is 0. The molecular weight excluding hydrogens is 380 g/mol. The number of amides is 1. The maximum Gasteiger partial charge on any atom is 0.300 e. The Hall–Kier alpha value is -3.88. The highest BCUT2D eigenvalue weighted by molar-refractivity contribution is 5.90. The molecule has 0 aliphatic carbocycles. The van der Waals surface area contributed by atoms with Gasteiger partial charge in [0.1, 0.15) is 17.5 Å². The predicted molar refractivity (Wildman–Crippen MR) is 102 cm³/mol. The normalized spacial score (nSPS) is 11.0. The Morgan fingerprint density at radius 2 is 1.76 bits per heavy atom. The van der Waals surface area contributed by atoms with Gasteiger partial charge in [0, 0.05) is 30.9 Å². The van der Waals surface area contributed by atoms with Gasteiger partial charge in [-0.1, -0.05) is 12.1 Å². The van der Waals surface area contributed by atoms with Crippen LogP contribution in [-0.4, -0.2) is 25.1 Å². The Morgan fingerprint density at radius 3 is 2.52 bits per heavy atom. The molecule has 9 heteroatoms. The van der Waals surface area contributed by atoms with Crippen molar-refractivity contribution in [2.24, 2.45) is 0 Å². The molecule has 0 aliphatic rings. The van der Waals surface area contributed by atoms with Crippen molar-refractivity contribution in [2.45, 2.75) is 12.8 Å². The third-order valence-electron chi connectivity index (χ3n) is 4.31. The molecule has 4 rings (SSSR count). The van der Waals surface area contributed by atoms with Crippen LogP contribution in [-0.2, 0) is 11.2 Å². The number of carbonyl (C=O) groups excluding carboxylic acids is 1. The first-order valence-corrected chi connectivity index (χ1v) is 8.78. The summed E-state index contributed by atoms with van der Waals surface area (Å²) < 4.78 is 29.4. The van der Waals surface area contributed by atoms with Crippen molar-refractivity contribution in [2.75, 3.05) is 5.32 Å². The van der Waals surface area contributed by atoms with Crippen LogP contribution in [0.1, 0.15) is 12.2 Å². The highest BCUT2D eigenvalue weighted by Crippen LogP contribution is 2.11. The van der Waals surface area contributed by atoms with Crippen LogP contribution in [0.5, 0.6) is 0 Å². The number of hydrogen-bond donors (Lipinski definition) is 1. The molecule has 0 spiro atoms. The average Bonchev–Trinajstić information content (AvgIpc) is 3.11. The highest BCUT2D eigenvalue weighted by atomic mass is 19.1. The third-order valence-corrected chi connectivity index (χ3v) is 4.31. The standard InChI is InChI=1S/C20H15F2N5O2/c21-13-3-1-5-15(11-13)23-18(28)8-7-17-24-25-19-20(29)26(9-10-27(17)19)16-6-2-4-14(22)12-16/h1-6,9-12H,7-8H2,(H,23,28). The lowest BCUT2D eigenvalue weighted by molar-refractivity contribution is -0.116. The summed E-state index contributed by atoms with van der Waals surface area (Å²) in [4.78, 5) is 24.8. The van der Waals surface area contributed by atoms with Crippen LogP contribution in [0.2, 0.25) is 0 Å². The Bertz CT molecular complexity index is 1270. The van der Waals surface area contributed by atoms with E-state index in [2.05, 4.69) is 15.5 Å². The van der Waals surface area contributed by atoms with Crippen LogP contribution in [0.4, 0.5) is 14.5 Å². The van der Waals surface area contributed by atoms with Crippen molar-refractivity contribution in [3.8, 4) is 5.69 Å². The van der Waals surface area contributed by atoms with Gasteiger partial charge in [-0.2, -0.15) is 0 Å². The number of fused-ring (bicyclic) bond motifs is 1. The first kappa shape index (κ1) is 18.5. The van der Waals surface area contributed by atoms with E-state index in [1.165, 1.54) is 51.6 Å². The number of rotatable bonds is 5. The summed E-state index contributed by atoms with van der Waals surface area (Å²) in [5.74, 6) is -0.792.